The van der Waals surface area contributed by atoms with Gasteiger partial charge in [0.15, 0.2) is 0 Å². The number of aryl methyl sites for hydroxylation is 1. The molecule has 3 nitrogen and oxygen atoms in total. The molecule has 2 rings (SSSR count). The highest BCUT2D eigenvalue weighted by Gasteiger charge is 2.41. The van der Waals surface area contributed by atoms with Gasteiger partial charge >= 0.3 is 6.18 Å². The van der Waals surface area contributed by atoms with E-state index in [2.05, 4.69) is 15.5 Å². The number of alkyl halides is 3. The Labute approximate surface area is 101 Å². The molecule has 7 heteroatoms. The molecule has 1 aromatic rings. The Morgan fingerprint density at radius 1 is 1.18 bits per heavy atom. The number of aromatic nitrogens is 2. The van der Waals surface area contributed by atoms with Crippen molar-refractivity contribution in [1.82, 2.24) is 10.2 Å². The van der Waals surface area contributed by atoms with Gasteiger partial charge in [0.1, 0.15) is 5.01 Å². The molecule has 96 valence electrons. The van der Waals surface area contributed by atoms with Crippen LogP contribution in [-0.4, -0.2) is 22.4 Å². The summed E-state index contributed by atoms with van der Waals surface area (Å²) in [6.07, 6.45) is -2.53. The Balaban J connectivity index is 1.83. The van der Waals surface area contributed by atoms with Gasteiger partial charge < -0.3 is 5.32 Å². The van der Waals surface area contributed by atoms with Crippen molar-refractivity contribution >= 4 is 16.5 Å². The molecule has 0 bridgehead atoms. The first-order valence-electron chi connectivity index (χ1n) is 5.58. The van der Waals surface area contributed by atoms with Gasteiger partial charge in [-0.2, -0.15) is 13.2 Å². The number of rotatable bonds is 2. The fraction of sp³-hybridized carbons (Fsp3) is 0.800. The molecule has 1 aromatic heterocycles. The summed E-state index contributed by atoms with van der Waals surface area (Å²) in [5.41, 5.74) is 0. The molecule has 0 spiro atoms. The Hall–Kier alpha value is -0.850. The predicted octanol–water partition coefficient (Wildman–Crippen LogP) is 3.38. The first-order chi connectivity index (χ1) is 7.95. The topological polar surface area (TPSA) is 37.8 Å². The smallest absolute Gasteiger partial charge is 0.357 e. The van der Waals surface area contributed by atoms with Crippen LogP contribution in [0.25, 0.3) is 0 Å². The normalized spacial score (nSPS) is 25.9. The number of hydrogen-bond donors (Lipinski definition) is 1. The molecule has 1 fully saturated rings. The minimum absolute atomic E-state index is 0.0981. The standard InChI is InChI=1S/C10H14F3N3S/c1-6-15-16-9(17-6)14-8-4-2-7(3-5-8)10(11,12)13/h7-8H,2-5H2,1H3,(H,14,16). The molecule has 0 aromatic carbocycles. The van der Waals surface area contributed by atoms with Crippen molar-refractivity contribution in [3.05, 3.63) is 5.01 Å². The lowest BCUT2D eigenvalue weighted by molar-refractivity contribution is -0.182. The highest BCUT2D eigenvalue weighted by molar-refractivity contribution is 7.15. The lowest BCUT2D eigenvalue weighted by atomic mass is 9.86. The predicted molar refractivity (Wildman–Crippen MR) is 60.1 cm³/mol. The quantitative estimate of drug-likeness (QED) is 0.890. The van der Waals surface area contributed by atoms with Crippen molar-refractivity contribution in [1.29, 1.82) is 0 Å². The fourth-order valence-electron chi connectivity index (χ4n) is 2.09. The minimum atomic E-state index is -4.04. The molecular weight excluding hydrogens is 251 g/mol. The summed E-state index contributed by atoms with van der Waals surface area (Å²) in [6, 6.07) is 0.0981. The van der Waals surface area contributed by atoms with Crippen LogP contribution in [-0.2, 0) is 0 Å². The van der Waals surface area contributed by atoms with Crippen LogP contribution < -0.4 is 5.32 Å². The van der Waals surface area contributed by atoms with Gasteiger partial charge in [0, 0.05) is 6.04 Å². The second kappa shape index (κ2) is 4.80. The van der Waals surface area contributed by atoms with Crippen molar-refractivity contribution in [3.8, 4) is 0 Å². The summed E-state index contributed by atoms with van der Waals surface area (Å²) in [6.45, 7) is 1.85. The van der Waals surface area contributed by atoms with Crippen LogP contribution in [0.2, 0.25) is 0 Å². The van der Waals surface area contributed by atoms with Crippen LogP contribution in [0.15, 0.2) is 0 Å². The molecular formula is C10H14F3N3S. The van der Waals surface area contributed by atoms with Crippen molar-refractivity contribution in [2.75, 3.05) is 5.32 Å². The van der Waals surface area contributed by atoms with Gasteiger partial charge in [-0.1, -0.05) is 11.3 Å². The molecule has 1 heterocycles. The van der Waals surface area contributed by atoms with Crippen LogP contribution in [0.4, 0.5) is 18.3 Å². The maximum Gasteiger partial charge on any atom is 0.391 e. The van der Waals surface area contributed by atoms with E-state index >= 15 is 0 Å². The molecule has 0 amide bonds. The van der Waals surface area contributed by atoms with E-state index < -0.39 is 12.1 Å². The summed E-state index contributed by atoms with van der Waals surface area (Å²) >= 11 is 1.43. The van der Waals surface area contributed by atoms with E-state index in [4.69, 9.17) is 0 Å². The maximum absolute atomic E-state index is 12.5. The average Bonchev–Trinajstić information content (AvgIpc) is 2.63. The number of nitrogens with one attached hydrogen (secondary N) is 1. The summed E-state index contributed by atoms with van der Waals surface area (Å²) < 4.78 is 37.4. The molecule has 0 atom stereocenters. The van der Waals surface area contributed by atoms with Gasteiger partial charge in [0.25, 0.3) is 0 Å². The van der Waals surface area contributed by atoms with Crippen molar-refractivity contribution in [2.45, 2.75) is 44.8 Å². The largest absolute Gasteiger partial charge is 0.391 e. The highest BCUT2D eigenvalue weighted by atomic mass is 32.1. The van der Waals surface area contributed by atoms with Crippen LogP contribution in [0.3, 0.4) is 0 Å². The van der Waals surface area contributed by atoms with Crippen molar-refractivity contribution in [2.24, 2.45) is 5.92 Å². The van der Waals surface area contributed by atoms with E-state index in [1.807, 2.05) is 6.92 Å². The van der Waals surface area contributed by atoms with Crippen LogP contribution in [0, 0.1) is 12.8 Å². The first kappa shape index (κ1) is 12.6. The molecule has 0 saturated heterocycles. The summed E-state index contributed by atoms with van der Waals surface area (Å²) in [5.74, 6) is -1.13. The SMILES string of the molecule is Cc1nnc(NC2CCC(C(F)(F)F)CC2)s1. The van der Waals surface area contributed by atoms with Crippen LogP contribution >= 0.6 is 11.3 Å². The van der Waals surface area contributed by atoms with E-state index in [1.165, 1.54) is 11.3 Å². The molecule has 1 saturated carbocycles. The summed E-state index contributed by atoms with van der Waals surface area (Å²) in [5, 5.41) is 12.5. The zero-order valence-corrected chi connectivity index (χ0v) is 10.2. The third-order valence-electron chi connectivity index (χ3n) is 3.04. The average molecular weight is 265 g/mol. The molecule has 1 aliphatic carbocycles. The van der Waals surface area contributed by atoms with Gasteiger partial charge in [-0.05, 0) is 32.6 Å². The van der Waals surface area contributed by atoms with Gasteiger partial charge in [0.05, 0.1) is 5.92 Å². The molecule has 0 radical (unpaired) electrons. The second-order valence-electron chi connectivity index (χ2n) is 4.36. The van der Waals surface area contributed by atoms with Gasteiger partial charge in [0.2, 0.25) is 5.13 Å². The third kappa shape index (κ3) is 3.31. The van der Waals surface area contributed by atoms with Gasteiger partial charge in [-0.15, -0.1) is 10.2 Å². The van der Waals surface area contributed by atoms with E-state index in [1.54, 1.807) is 0 Å². The van der Waals surface area contributed by atoms with E-state index in [9.17, 15) is 13.2 Å². The van der Waals surface area contributed by atoms with E-state index in [0.29, 0.717) is 18.0 Å². The second-order valence-corrected chi connectivity index (χ2v) is 5.54. The van der Waals surface area contributed by atoms with Gasteiger partial charge in [-0.3, -0.25) is 0 Å². The number of nitrogens with zero attached hydrogens (tertiary/aromatic N) is 2. The summed E-state index contributed by atoms with van der Waals surface area (Å²) in [7, 11) is 0. The zero-order chi connectivity index (χ0) is 12.5. The molecule has 1 aliphatic rings. The molecule has 0 unspecified atom stereocenters. The Kier molecular flexibility index (Phi) is 3.56. The Bertz CT molecular complexity index is 369. The number of hydrogen-bond acceptors (Lipinski definition) is 4. The van der Waals surface area contributed by atoms with Crippen LogP contribution in [0.5, 0.6) is 0 Å². The van der Waals surface area contributed by atoms with Crippen molar-refractivity contribution in [3.63, 3.8) is 0 Å². The lowest BCUT2D eigenvalue weighted by Crippen LogP contribution is -2.32. The highest BCUT2D eigenvalue weighted by Crippen LogP contribution is 2.38. The summed E-state index contributed by atoms with van der Waals surface area (Å²) in [4.78, 5) is 0. The van der Waals surface area contributed by atoms with Crippen molar-refractivity contribution < 1.29 is 13.2 Å². The number of halogens is 3. The molecule has 17 heavy (non-hydrogen) atoms. The Morgan fingerprint density at radius 3 is 2.29 bits per heavy atom. The Morgan fingerprint density at radius 2 is 1.82 bits per heavy atom. The van der Waals surface area contributed by atoms with Crippen LogP contribution in [0.1, 0.15) is 30.7 Å². The van der Waals surface area contributed by atoms with E-state index in [-0.39, 0.29) is 18.9 Å². The minimum Gasteiger partial charge on any atom is -0.357 e. The fourth-order valence-corrected chi connectivity index (χ4v) is 2.76. The zero-order valence-electron chi connectivity index (χ0n) is 9.42. The van der Waals surface area contributed by atoms with E-state index in [0.717, 1.165) is 5.01 Å². The molecule has 0 aliphatic heterocycles. The first-order valence-corrected chi connectivity index (χ1v) is 6.40. The van der Waals surface area contributed by atoms with Gasteiger partial charge in [-0.25, -0.2) is 0 Å². The monoisotopic (exact) mass is 265 g/mol. The molecule has 1 N–H and O–H groups in total. The lowest BCUT2D eigenvalue weighted by Gasteiger charge is -2.30. The number of anilines is 1. The maximum atomic E-state index is 12.5. The third-order valence-corrected chi connectivity index (χ3v) is 3.81.